The average molecular weight is 191 g/mol. The van der Waals surface area contributed by atoms with E-state index in [-0.39, 0.29) is 18.4 Å². The molecule has 1 atom stereocenters. The molecule has 0 saturated carbocycles. The van der Waals surface area contributed by atoms with Crippen molar-refractivity contribution in [3.8, 4) is 0 Å². The number of hydrogen-bond donors (Lipinski definition) is 3. The lowest BCUT2D eigenvalue weighted by atomic mass is 10.1. The van der Waals surface area contributed by atoms with Crippen LogP contribution in [0, 0.1) is 5.92 Å². The third-order valence-electron chi connectivity index (χ3n) is 1.64. The molecule has 0 aliphatic heterocycles. The Balaban J connectivity index is 3.69. The van der Waals surface area contributed by atoms with Crippen molar-refractivity contribution < 1.29 is 9.90 Å². The van der Waals surface area contributed by atoms with Crippen LogP contribution in [-0.4, -0.2) is 29.9 Å². The first-order valence-corrected chi connectivity index (χ1v) is 4.88. The molecule has 4 heteroatoms. The highest BCUT2D eigenvalue weighted by molar-refractivity contribution is 7.80. The smallest absolute Gasteiger partial charge is 0.224 e. The predicted molar refractivity (Wildman–Crippen MR) is 52.3 cm³/mol. The van der Waals surface area contributed by atoms with Crippen molar-refractivity contribution in [2.75, 3.05) is 18.9 Å². The van der Waals surface area contributed by atoms with Crippen LogP contribution in [0.2, 0.25) is 0 Å². The van der Waals surface area contributed by atoms with Gasteiger partial charge >= 0.3 is 0 Å². The van der Waals surface area contributed by atoms with Crippen LogP contribution < -0.4 is 5.32 Å². The molecule has 0 aliphatic rings. The number of thiol groups is 1. The molecule has 0 bridgehead atoms. The van der Waals surface area contributed by atoms with Gasteiger partial charge in [-0.25, -0.2) is 0 Å². The molecule has 0 rings (SSSR count). The van der Waals surface area contributed by atoms with E-state index in [4.69, 9.17) is 5.11 Å². The third kappa shape index (κ3) is 4.62. The van der Waals surface area contributed by atoms with Crippen molar-refractivity contribution >= 4 is 18.5 Å². The Morgan fingerprint density at radius 2 is 2.33 bits per heavy atom. The van der Waals surface area contributed by atoms with Gasteiger partial charge in [0.15, 0.2) is 0 Å². The molecule has 0 aliphatic carbocycles. The fourth-order valence-electron chi connectivity index (χ4n) is 0.977. The molecule has 1 unspecified atom stereocenters. The zero-order valence-corrected chi connectivity index (χ0v) is 8.31. The van der Waals surface area contributed by atoms with E-state index in [1.165, 1.54) is 0 Å². The van der Waals surface area contributed by atoms with Gasteiger partial charge in [0.25, 0.3) is 0 Å². The predicted octanol–water partition coefficient (Wildman–Crippen LogP) is 0.441. The quantitative estimate of drug-likeness (QED) is 0.534. The van der Waals surface area contributed by atoms with Crippen LogP contribution >= 0.6 is 12.6 Å². The second-order valence-corrected chi connectivity index (χ2v) is 3.05. The second kappa shape index (κ2) is 7.43. The lowest BCUT2D eigenvalue weighted by Crippen LogP contribution is -2.33. The first-order chi connectivity index (χ1) is 5.76. The van der Waals surface area contributed by atoms with Crippen molar-refractivity contribution in [1.82, 2.24) is 5.32 Å². The van der Waals surface area contributed by atoms with E-state index in [0.29, 0.717) is 12.3 Å². The Bertz CT molecular complexity index is 130. The fraction of sp³-hybridized carbons (Fsp3) is 0.875. The minimum Gasteiger partial charge on any atom is -0.395 e. The van der Waals surface area contributed by atoms with E-state index in [9.17, 15) is 4.79 Å². The molecule has 3 nitrogen and oxygen atoms in total. The SMILES string of the molecule is CCCC(CS)C(=O)NCCO. The summed E-state index contributed by atoms with van der Waals surface area (Å²) < 4.78 is 0. The Kier molecular flexibility index (Phi) is 7.29. The van der Waals surface area contributed by atoms with Gasteiger partial charge in [-0.2, -0.15) is 12.6 Å². The standard InChI is InChI=1S/C8H17NO2S/c1-2-3-7(6-12)8(11)9-4-5-10/h7,10,12H,2-6H2,1H3,(H,9,11). The van der Waals surface area contributed by atoms with Crippen LogP contribution in [0.4, 0.5) is 0 Å². The van der Waals surface area contributed by atoms with Gasteiger partial charge in [-0.1, -0.05) is 13.3 Å². The number of nitrogens with one attached hydrogen (secondary N) is 1. The summed E-state index contributed by atoms with van der Waals surface area (Å²) >= 11 is 4.09. The first-order valence-electron chi connectivity index (χ1n) is 4.25. The number of amides is 1. The van der Waals surface area contributed by atoms with E-state index in [1.807, 2.05) is 6.92 Å². The fourth-order valence-corrected chi connectivity index (χ4v) is 1.33. The van der Waals surface area contributed by atoms with Crippen molar-refractivity contribution in [1.29, 1.82) is 0 Å². The molecule has 0 heterocycles. The Morgan fingerprint density at radius 3 is 2.75 bits per heavy atom. The summed E-state index contributed by atoms with van der Waals surface area (Å²) in [5, 5.41) is 11.1. The molecule has 0 saturated heterocycles. The number of carbonyl (C=O) groups is 1. The number of aliphatic hydroxyl groups excluding tert-OH is 1. The summed E-state index contributed by atoms with van der Waals surface area (Å²) in [7, 11) is 0. The van der Waals surface area contributed by atoms with Gasteiger partial charge in [0.1, 0.15) is 0 Å². The van der Waals surface area contributed by atoms with Crippen LogP contribution in [0.15, 0.2) is 0 Å². The average Bonchev–Trinajstić information content (AvgIpc) is 2.10. The van der Waals surface area contributed by atoms with Crippen molar-refractivity contribution in [2.24, 2.45) is 5.92 Å². The van der Waals surface area contributed by atoms with Crippen LogP contribution in [0.1, 0.15) is 19.8 Å². The number of aliphatic hydroxyl groups is 1. The highest BCUT2D eigenvalue weighted by atomic mass is 32.1. The van der Waals surface area contributed by atoms with Gasteiger partial charge < -0.3 is 10.4 Å². The largest absolute Gasteiger partial charge is 0.395 e. The summed E-state index contributed by atoms with van der Waals surface area (Å²) in [4.78, 5) is 11.3. The normalized spacial score (nSPS) is 12.6. The molecule has 0 aromatic heterocycles. The van der Waals surface area contributed by atoms with Crippen LogP contribution in [0.3, 0.4) is 0 Å². The number of rotatable bonds is 6. The van der Waals surface area contributed by atoms with E-state index >= 15 is 0 Å². The summed E-state index contributed by atoms with van der Waals surface area (Å²) in [6.45, 7) is 2.37. The van der Waals surface area contributed by atoms with Crippen molar-refractivity contribution in [2.45, 2.75) is 19.8 Å². The lowest BCUT2D eigenvalue weighted by molar-refractivity contribution is -0.124. The Hall–Kier alpha value is -0.220. The highest BCUT2D eigenvalue weighted by Crippen LogP contribution is 2.07. The first kappa shape index (κ1) is 11.8. The third-order valence-corrected chi connectivity index (χ3v) is 2.08. The van der Waals surface area contributed by atoms with Crippen LogP contribution in [-0.2, 0) is 4.79 Å². The molecular formula is C8H17NO2S. The topological polar surface area (TPSA) is 49.3 Å². The number of carbonyl (C=O) groups excluding carboxylic acids is 1. The maximum atomic E-state index is 11.3. The van der Waals surface area contributed by atoms with Crippen LogP contribution in [0.5, 0.6) is 0 Å². The maximum absolute atomic E-state index is 11.3. The van der Waals surface area contributed by atoms with Gasteiger partial charge in [-0.3, -0.25) is 4.79 Å². The number of hydrogen-bond acceptors (Lipinski definition) is 3. The van der Waals surface area contributed by atoms with Gasteiger partial charge in [-0.15, -0.1) is 0 Å². The van der Waals surface area contributed by atoms with E-state index in [2.05, 4.69) is 17.9 Å². The van der Waals surface area contributed by atoms with E-state index in [0.717, 1.165) is 12.8 Å². The van der Waals surface area contributed by atoms with Gasteiger partial charge in [0, 0.05) is 18.2 Å². The van der Waals surface area contributed by atoms with Crippen molar-refractivity contribution in [3.05, 3.63) is 0 Å². The second-order valence-electron chi connectivity index (χ2n) is 2.68. The minimum atomic E-state index is -0.00937. The molecule has 2 N–H and O–H groups in total. The highest BCUT2D eigenvalue weighted by Gasteiger charge is 2.14. The molecule has 0 fully saturated rings. The Morgan fingerprint density at radius 1 is 1.67 bits per heavy atom. The summed E-state index contributed by atoms with van der Waals surface area (Å²) in [5.74, 6) is 0.566. The van der Waals surface area contributed by atoms with Crippen molar-refractivity contribution in [3.63, 3.8) is 0 Å². The van der Waals surface area contributed by atoms with Gasteiger partial charge in [0.2, 0.25) is 5.91 Å². The maximum Gasteiger partial charge on any atom is 0.224 e. The molecule has 0 radical (unpaired) electrons. The molecule has 1 amide bonds. The minimum absolute atomic E-state index is 0.000833. The molecule has 0 aromatic rings. The summed E-state index contributed by atoms with van der Waals surface area (Å²) in [6, 6.07) is 0. The monoisotopic (exact) mass is 191 g/mol. The molecule has 0 aromatic carbocycles. The molecular weight excluding hydrogens is 174 g/mol. The summed E-state index contributed by atoms with van der Waals surface area (Å²) in [5.41, 5.74) is 0. The molecule has 72 valence electrons. The van der Waals surface area contributed by atoms with E-state index < -0.39 is 0 Å². The lowest BCUT2D eigenvalue weighted by Gasteiger charge is -2.12. The van der Waals surface area contributed by atoms with Gasteiger partial charge in [-0.05, 0) is 6.42 Å². The van der Waals surface area contributed by atoms with E-state index in [1.54, 1.807) is 0 Å². The molecule has 12 heavy (non-hydrogen) atoms. The zero-order chi connectivity index (χ0) is 9.40. The van der Waals surface area contributed by atoms with Gasteiger partial charge in [0.05, 0.1) is 6.61 Å². The van der Waals surface area contributed by atoms with Crippen LogP contribution in [0.25, 0.3) is 0 Å². The Labute approximate surface area is 79.0 Å². The molecule has 0 spiro atoms. The zero-order valence-electron chi connectivity index (χ0n) is 7.42. The summed E-state index contributed by atoms with van der Waals surface area (Å²) in [6.07, 6.45) is 1.85.